The average Bonchev–Trinajstić information content (AvgIpc) is 3.23. The van der Waals surface area contributed by atoms with Gasteiger partial charge < -0.3 is 29.6 Å². The Morgan fingerprint density at radius 2 is 1.62 bits per heavy atom. The maximum Gasteiger partial charge on any atom is 0.326 e. The molecule has 2 N–H and O–H groups in total. The van der Waals surface area contributed by atoms with Gasteiger partial charge in [-0.25, -0.2) is 0 Å². The molecule has 1 aromatic carbocycles. The highest BCUT2D eigenvalue weighted by Gasteiger charge is 2.23. The van der Waals surface area contributed by atoms with E-state index in [1.54, 1.807) is 0 Å². The molecule has 2 rings (SSSR count). The van der Waals surface area contributed by atoms with Crippen molar-refractivity contribution in [2.45, 2.75) is 44.8 Å². The molecular weight excluding hydrogens is 380 g/mol. The van der Waals surface area contributed by atoms with Crippen molar-refractivity contribution < 1.29 is 33.3 Å². The van der Waals surface area contributed by atoms with Crippen LogP contribution < -0.4 is 24.8 Å². The van der Waals surface area contributed by atoms with Gasteiger partial charge in [0.05, 0.1) is 21.3 Å². The number of nitrogens with one attached hydrogen (secondary N) is 2. The first-order valence-corrected chi connectivity index (χ1v) is 9.47. The van der Waals surface area contributed by atoms with E-state index in [0.29, 0.717) is 17.2 Å². The molecule has 1 aliphatic rings. The smallest absolute Gasteiger partial charge is 0.326 e. The molecule has 2 amide bonds. The van der Waals surface area contributed by atoms with Gasteiger partial charge in [0.2, 0.25) is 5.75 Å². The van der Waals surface area contributed by atoms with Gasteiger partial charge >= 0.3 is 5.97 Å². The number of hydrogen-bond acceptors (Lipinski definition) is 7. The van der Waals surface area contributed by atoms with Gasteiger partial charge in [-0.3, -0.25) is 14.4 Å². The predicted octanol–water partition coefficient (Wildman–Crippen LogP) is 1.43. The third-order valence-electron chi connectivity index (χ3n) is 4.70. The molecular formula is C20H28N2O7. The Hall–Kier alpha value is -2.97. The summed E-state index contributed by atoms with van der Waals surface area (Å²) in [4.78, 5) is 36.5. The predicted molar refractivity (Wildman–Crippen MR) is 104 cm³/mol. The van der Waals surface area contributed by atoms with Crippen LogP contribution in [0.4, 0.5) is 0 Å². The van der Waals surface area contributed by atoms with Crippen molar-refractivity contribution in [2.75, 3.05) is 27.9 Å². The van der Waals surface area contributed by atoms with Crippen LogP contribution in [0.1, 0.15) is 43.0 Å². The van der Waals surface area contributed by atoms with Gasteiger partial charge in [-0.15, -0.1) is 0 Å². The highest BCUT2D eigenvalue weighted by molar-refractivity contribution is 5.97. The van der Waals surface area contributed by atoms with Crippen LogP contribution in [0.3, 0.4) is 0 Å². The number of esters is 1. The zero-order chi connectivity index (χ0) is 21.4. The summed E-state index contributed by atoms with van der Waals surface area (Å²) in [5.41, 5.74) is 0.222. The summed E-state index contributed by atoms with van der Waals surface area (Å²) in [7, 11) is 4.34. The first-order valence-electron chi connectivity index (χ1n) is 9.47. The Labute approximate surface area is 170 Å². The van der Waals surface area contributed by atoms with Crippen LogP contribution in [0, 0.1) is 0 Å². The molecule has 1 fully saturated rings. The molecule has 0 bridgehead atoms. The second-order valence-corrected chi connectivity index (χ2v) is 6.72. The molecule has 0 aromatic heterocycles. The minimum Gasteiger partial charge on any atom is -0.493 e. The van der Waals surface area contributed by atoms with Crippen molar-refractivity contribution in [3.8, 4) is 17.2 Å². The van der Waals surface area contributed by atoms with Crippen LogP contribution in [0.5, 0.6) is 17.2 Å². The van der Waals surface area contributed by atoms with E-state index >= 15 is 0 Å². The van der Waals surface area contributed by atoms with E-state index in [1.165, 1.54) is 40.4 Å². The van der Waals surface area contributed by atoms with Crippen LogP contribution in [0.15, 0.2) is 12.1 Å². The fraction of sp³-hybridized carbons (Fsp3) is 0.550. The van der Waals surface area contributed by atoms with Crippen molar-refractivity contribution in [1.82, 2.24) is 10.6 Å². The van der Waals surface area contributed by atoms with E-state index < -0.39 is 18.0 Å². The van der Waals surface area contributed by atoms with Gasteiger partial charge in [-0.05, 0) is 31.9 Å². The number of methoxy groups -OCH3 is 3. The maximum atomic E-state index is 12.4. The molecule has 29 heavy (non-hydrogen) atoms. The molecule has 9 heteroatoms. The molecule has 0 unspecified atom stereocenters. The largest absolute Gasteiger partial charge is 0.493 e. The minimum atomic E-state index is -0.929. The number of benzene rings is 1. The molecule has 9 nitrogen and oxygen atoms in total. The maximum absolute atomic E-state index is 12.4. The van der Waals surface area contributed by atoms with Gasteiger partial charge in [0, 0.05) is 11.6 Å². The molecule has 0 heterocycles. The number of carbonyl (C=O) groups excluding carboxylic acids is 3. The topological polar surface area (TPSA) is 112 Å². The number of rotatable bonds is 9. The Kier molecular flexibility index (Phi) is 8.11. The second-order valence-electron chi connectivity index (χ2n) is 6.72. The normalized spacial score (nSPS) is 14.6. The van der Waals surface area contributed by atoms with E-state index in [1.807, 2.05) is 0 Å². The summed E-state index contributed by atoms with van der Waals surface area (Å²) in [6, 6.07) is 3.09. The molecule has 1 atom stereocenters. The molecule has 0 saturated heterocycles. The van der Waals surface area contributed by atoms with E-state index in [4.69, 9.17) is 18.9 Å². The van der Waals surface area contributed by atoms with E-state index in [9.17, 15) is 14.4 Å². The minimum absolute atomic E-state index is 0.142. The Morgan fingerprint density at radius 3 is 2.14 bits per heavy atom. The monoisotopic (exact) mass is 408 g/mol. The lowest BCUT2D eigenvalue weighted by Crippen LogP contribution is -2.42. The Morgan fingerprint density at radius 1 is 1.03 bits per heavy atom. The molecule has 1 aliphatic carbocycles. The number of hydrogen-bond donors (Lipinski definition) is 2. The zero-order valence-corrected chi connectivity index (χ0v) is 17.2. The van der Waals surface area contributed by atoms with Gasteiger partial charge in [-0.1, -0.05) is 12.8 Å². The summed E-state index contributed by atoms with van der Waals surface area (Å²) in [6.07, 6.45) is 3.13. The Bertz CT molecular complexity index is 719. The van der Waals surface area contributed by atoms with E-state index in [-0.39, 0.29) is 24.1 Å². The average molecular weight is 408 g/mol. The molecule has 0 radical (unpaired) electrons. The lowest BCUT2D eigenvalue weighted by molar-refractivity contribution is -0.154. The van der Waals surface area contributed by atoms with Crippen molar-refractivity contribution in [3.05, 3.63) is 17.7 Å². The summed E-state index contributed by atoms with van der Waals surface area (Å²) in [6.45, 7) is 1.12. The zero-order valence-electron chi connectivity index (χ0n) is 17.2. The third-order valence-corrected chi connectivity index (χ3v) is 4.70. The standard InChI is InChI=1S/C20H28N2O7/c1-12(19(24)22-14-7-5-6-8-14)29-17(23)11-21-20(25)13-9-15(26-2)18(28-4)16(10-13)27-3/h9-10,12,14H,5-8,11H2,1-4H3,(H,21,25)(H,22,24)/t12-/m1/s1. The summed E-state index contributed by atoms with van der Waals surface area (Å²) < 4.78 is 20.7. The van der Waals surface area contributed by atoms with Crippen LogP contribution in [-0.2, 0) is 14.3 Å². The molecule has 0 spiro atoms. The highest BCUT2D eigenvalue weighted by atomic mass is 16.5. The number of carbonyl (C=O) groups is 3. The molecule has 1 saturated carbocycles. The van der Waals surface area contributed by atoms with E-state index in [0.717, 1.165) is 25.7 Å². The summed E-state index contributed by atoms with van der Waals surface area (Å²) in [5, 5.41) is 5.33. The van der Waals surface area contributed by atoms with Gasteiger partial charge in [-0.2, -0.15) is 0 Å². The van der Waals surface area contributed by atoms with Crippen molar-refractivity contribution in [2.24, 2.45) is 0 Å². The van der Waals surface area contributed by atoms with Crippen LogP contribution in [0.2, 0.25) is 0 Å². The van der Waals surface area contributed by atoms with Crippen molar-refractivity contribution in [3.63, 3.8) is 0 Å². The number of ether oxygens (including phenoxy) is 4. The van der Waals surface area contributed by atoms with Gasteiger partial charge in [0.25, 0.3) is 11.8 Å². The fourth-order valence-electron chi connectivity index (χ4n) is 3.15. The summed E-state index contributed by atoms with van der Waals surface area (Å²) in [5.74, 6) is -0.577. The molecule has 160 valence electrons. The first kappa shape index (κ1) is 22.3. The van der Waals surface area contributed by atoms with Gasteiger partial charge in [0.1, 0.15) is 6.54 Å². The second kappa shape index (κ2) is 10.5. The Balaban J connectivity index is 1.89. The van der Waals surface area contributed by atoms with E-state index in [2.05, 4.69) is 10.6 Å². The molecule has 0 aliphatic heterocycles. The van der Waals surface area contributed by atoms with Crippen LogP contribution in [0.25, 0.3) is 0 Å². The lowest BCUT2D eigenvalue weighted by Gasteiger charge is -2.17. The quantitative estimate of drug-likeness (QED) is 0.595. The van der Waals surface area contributed by atoms with Gasteiger partial charge in [0.15, 0.2) is 17.6 Å². The SMILES string of the molecule is COc1cc(C(=O)NCC(=O)O[C@H](C)C(=O)NC2CCCC2)cc(OC)c1OC. The summed E-state index contributed by atoms with van der Waals surface area (Å²) >= 11 is 0. The third kappa shape index (κ3) is 6.00. The fourth-order valence-corrected chi connectivity index (χ4v) is 3.15. The highest BCUT2D eigenvalue weighted by Crippen LogP contribution is 2.38. The molecule has 1 aromatic rings. The first-order chi connectivity index (χ1) is 13.9. The van der Waals surface area contributed by atoms with Crippen LogP contribution in [-0.4, -0.2) is 57.8 Å². The lowest BCUT2D eigenvalue weighted by atomic mass is 10.1. The number of amides is 2. The van der Waals surface area contributed by atoms with Crippen molar-refractivity contribution >= 4 is 17.8 Å². The van der Waals surface area contributed by atoms with Crippen LogP contribution >= 0.6 is 0 Å². The van der Waals surface area contributed by atoms with Crippen molar-refractivity contribution in [1.29, 1.82) is 0 Å².